The highest BCUT2D eigenvalue weighted by molar-refractivity contribution is 6.50. The highest BCUT2D eigenvalue weighted by Gasteiger charge is 2.20. The quantitative estimate of drug-likeness (QED) is 0.570. The average Bonchev–Trinajstić information content (AvgIpc) is 2.14. The maximum atomic E-state index is 9.75. The molecule has 1 aromatic heterocycles. The van der Waals surface area contributed by atoms with Crippen molar-refractivity contribution < 1.29 is 17.3 Å². The van der Waals surface area contributed by atoms with E-state index < -0.39 is 7.25 Å². The van der Waals surface area contributed by atoms with E-state index in [1.54, 1.807) is 0 Å². The van der Waals surface area contributed by atoms with Gasteiger partial charge < -0.3 is 17.3 Å². The second-order valence-corrected chi connectivity index (χ2v) is 3.35. The molecule has 1 nitrogen and oxygen atoms in total. The molecule has 1 aromatic rings. The Bertz CT molecular complexity index is 295. The second kappa shape index (κ2) is 7.25. The van der Waals surface area contributed by atoms with Crippen LogP contribution >= 0.6 is 0 Å². The van der Waals surface area contributed by atoms with E-state index in [2.05, 4.69) is 24.9 Å². The predicted octanol–water partition coefficient (Wildman–Crippen LogP) is 4.03. The van der Waals surface area contributed by atoms with Gasteiger partial charge in [0.2, 0.25) is 0 Å². The van der Waals surface area contributed by atoms with Gasteiger partial charge >= 0.3 is 7.25 Å². The standard InChI is InChI=1S/C10H15N.BF4/c1-3-4-6-10-7-5-8-11-9(10)2;2-1(3,4)5/h5,7-8H,3-4,6H2,1-2H3;/q;-1. The minimum Gasteiger partial charge on any atom is -0.418 e. The first kappa shape index (κ1) is 14.9. The van der Waals surface area contributed by atoms with E-state index in [-0.39, 0.29) is 0 Å². The van der Waals surface area contributed by atoms with Crippen LogP contribution in [0.4, 0.5) is 17.3 Å². The maximum absolute atomic E-state index is 9.75. The van der Waals surface area contributed by atoms with Crippen molar-refractivity contribution in [1.29, 1.82) is 0 Å². The van der Waals surface area contributed by atoms with Crippen LogP contribution in [0.5, 0.6) is 0 Å². The van der Waals surface area contributed by atoms with E-state index in [9.17, 15) is 17.3 Å². The monoisotopic (exact) mass is 236 g/mol. The van der Waals surface area contributed by atoms with Gasteiger partial charge in [-0.3, -0.25) is 4.98 Å². The van der Waals surface area contributed by atoms with E-state index in [0.29, 0.717) is 0 Å². The van der Waals surface area contributed by atoms with E-state index in [0.717, 1.165) is 0 Å². The van der Waals surface area contributed by atoms with Gasteiger partial charge in [-0.05, 0) is 31.4 Å². The molecule has 0 bridgehead atoms. The van der Waals surface area contributed by atoms with E-state index >= 15 is 0 Å². The summed E-state index contributed by atoms with van der Waals surface area (Å²) < 4.78 is 39.0. The third-order valence-electron chi connectivity index (χ3n) is 1.92. The Hall–Kier alpha value is -1.07. The van der Waals surface area contributed by atoms with Crippen molar-refractivity contribution in [2.24, 2.45) is 0 Å². The molecule has 0 saturated carbocycles. The fourth-order valence-corrected chi connectivity index (χ4v) is 1.15. The summed E-state index contributed by atoms with van der Waals surface area (Å²) in [6.45, 7) is 4.29. The first-order valence-corrected chi connectivity index (χ1v) is 5.12. The lowest BCUT2D eigenvalue weighted by Gasteiger charge is -2.01. The zero-order valence-corrected chi connectivity index (χ0v) is 9.39. The lowest BCUT2D eigenvalue weighted by Crippen LogP contribution is -2.02. The highest BCUT2D eigenvalue weighted by atomic mass is 19.5. The van der Waals surface area contributed by atoms with Crippen LogP contribution in [-0.2, 0) is 6.42 Å². The molecule has 0 fully saturated rings. The van der Waals surface area contributed by atoms with Crippen LogP contribution in [-0.4, -0.2) is 12.2 Å². The van der Waals surface area contributed by atoms with Crippen LogP contribution < -0.4 is 0 Å². The van der Waals surface area contributed by atoms with Crippen LogP contribution in [0.15, 0.2) is 18.3 Å². The van der Waals surface area contributed by atoms with Gasteiger partial charge in [-0.1, -0.05) is 19.4 Å². The van der Waals surface area contributed by atoms with E-state index in [4.69, 9.17) is 0 Å². The Kier molecular flexibility index (Phi) is 6.77. The van der Waals surface area contributed by atoms with E-state index in [1.807, 2.05) is 12.3 Å². The number of pyridine rings is 1. The van der Waals surface area contributed by atoms with Gasteiger partial charge in [0.15, 0.2) is 0 Å². The maximum Gasteiger partial charge on any atom is 0.673 e. The molecule has 6 heteroatoms. The zero-order valence-electron chi connectivity index (χ0n) is 9.39. The molecule has 0 aliphatic carbocycles. The molecular weight excluding hydrogens is 221 g/mol. The Morgan fingerprint density at radius 1 is 1.25 bits per heavy atom. The molecule has 0 aliphatic heterocycles. The van der Waals surface area contributed by atoms with Crippen molar-refractivity contribution >= 4 is 7.25 Å². The number of halogens is 4. The summed E-state index contributed by atoms with van der Waals surface area (Å²) in [6.07, 6.45) is 5.56. The van der Waals surface area contributed by atoms with Gasteiger partial charge in [-0.15, -0.1) is 0 Å². The number of hydrogen-bond donors (Lipinski definition) is 0. The summed E-state index contributed by atoms with van der Waals surface area (Å²) in [5.74, 6) is 0. The van der Waals surface area contributed by atoms with Gasteiger partial charge in [-0.25, -0.2) is 0 Å². The SMILES string of the molecule is CCCCc1cccnc1C.F[B-](F)(F)F. The Balaban J connectivity index is 0.000000385. The molecule has 0 radical (unpaired) electrons. The van der Waals surface area contributed by atoms with Gasteiger partial charge in [0.25, 0.3) is 0 Å². The largest absolute Gasteiger partial charge is 0.673 e. The van der Waals surface area contributed by atoms with Crippen LogP contribution in [0, 0.1) is 6.92 Å². The van der Waals surface area contributed by atoms with Crippen LogP contribution in [0.25, 0.3) is 0 Å². The van der Waals surface area contributed by atoms with Gasteiger partial charge in [0, 0.05) is 11.9 Å². The molecule has 92 valence electrons. The van der Waals surface area contributed by atoms with Crippen molar-refractivity contribution in [3.63, 3.8) is 0 Å². The molecule has 16 heavy (non-hydrogen) atoms. The van der Waals surface area contributed by atoms with Gasteiger partial charge in [0.05, 0.1) is 0 Å². The molecular formula is C10H15BF4N-. The molecule has 0 aromatic carbocycles. The normalized spacial score (nSPS) is 10.6. The fraction of sp³-hybridized carbons (Fsp3) is 0.500. The highest BCUT2D eigenvalue weighted by Crippen LogP contribution is 2.07. The molecule has 0 unspecified atom stereocenters. The van der Waals surface area contributed by atoms with Crippen molar-refractivity contribution in [3.8, 4) is 0 Å². The lowest BCUT2D eigenvalue weighted by molar-refractivity contribution is 0.368. The third kappa shape index (κ3) is 9.49. The van der Waals surface area contributed by atoms with Crippen molar-refractivity contribution in [1.82, 2.24) is 4.98 Å². The topological polar surface area (TPSA) is 12.9 Å². The number of hydrogen-bond acceptors (Lipinski definition) is 1. The Morgan fingerprint density at radius 2 is 1.81 bits per heavy atom. The van der Waals surface area contributed by atoms with Crippen LogP contribution in [0.1, 0.15) is 31.0 Å². The summed E-state index contributed by atoms with van der Waals surface area (Å²) in [5.41, 5.74) is 2.58. The minimum absolute atomic E-state index is 1.18. The second-order valence-electron chi connectivity index (χ2n) is 3.35. The first-order valence-electron chi connectivity index (χ1n) is 5.12. The zero-order chi connectivity index (χ0) is 12.6. The molecule has 0 spiro atoms. The number of rotatable bonds is 3. The lowest BCUT2D eigenvalue weighted by atomic mass is 10.1. The minimum atomic E-state index is -6.00. The number of unbranched alkanes of at least 4 members (excludes halogenated alkanes) is 1. The smallest absolute Gasteiger partial charge is 0.418 e. The summed E-state index contributed by atoms with van der Waals surface area (Å²) in [4.78, 5) is 4.23. The van der Waals surface area contributed by atoms with Gasteiger partial charge in [0.1, 0.15) is 0 Å². The molecule has 0 amide bonds. The number of aromatic nitrogens is 1. The van der Waals surface area contributed by atoms with Crippen LogP contribution in [0.2, 0.25) is 0 Å². The number of aryl methyl sites for hydroxylation is 2. The van der Waals surface area contributed by atoms with E-state index in [1.165, 1.54) is 30.5 Å². The summed E-state index contributed by atoms with van der Waals surface area (Å²) in [5, 5.41) is 0. The molecule has 1 rings (SSSR count). The van der Waals surface area contributed by atoms with Crippen molar-refractivity contribution in [3.05, 3.63) is 29.6 Å². The van der Waals surface area contributed by atoms with Gasteiger partial charge in [-0.2, -0.15) is 0 Å². The van der Waals surface area contributed by atoms with Crippen LogP contribution in [0.3, 0.4) is 0 Å². The third-order valence-corrected chi connectivity index (χ3v) is 1.92. The Morgan fingerprint density at radius 3 is 2.25 bits per heavy atom. The fourth-order valence-electron chi connectivity index (χ4n) is 1.15. The average molecular weight is 236 g/mol. The summed E-state index contributed by atoms with van der Waals surface area (Å²) in [6, 6.07) is 4.18. The molecule has 0 aliphatic rings. The first-order chi connectivity index (χ1) is 7.34. The summed E-state index contributed by atoms with van der Waals surface area (Å²) >= 11 is 0. The van der Waals surface area contributed by atoms with Crippen molar-refractivity contribution in [2.45, 2.75) is 33.1 Å². The predicted molar refractivity (Wildman–Crippen MR) is 57.8 cm³/mol. The number of nitrogens with zero attached hydrogens (tertiary/aromatic N) is 1. The Labute approximate surface area is 93.0 Å². The van der Waals surface area contributed by atoms with Crippen molar-refractivity contribution in [2.75, 3.05) is 0 Å². The molecule has 0 saturated heterocycles. The molecule has 0 atom stereocenters. The molecule has 1 heterocycles. The summed E-state index contributed by atoms with van der Waals surface area (Å²) in [7, 11) is -6.00. The molecule has 0 N–H and O–H groups in total.